The van der Waals surface area contributed by atoms with Gasteiger partial charge in [0.2, 0.25) is 0 Å². The molecule has 18 heteroatoms. The summed E-state index contributed by atoms with van der Waals surface area (Å²) >= 11 is 0. The molecule has 0 saturated heterocycles. The molecule has 16 nitrogen and oxygen atoms in total. The molecule has 0 heterocycles. The second-order valence-electron chi connectivity index (χ2n) is 26.1. The van der Waals surface area contributed by atoms with Crippen molar-refractivity contribution in [2.45, 2.75) is 373 Å². The summed E-state index contributed by atoms with van der Waals surface area (Å²) in [5.74, 6) is -1.55. The molecule has 0 radical (unpaired) electrons. The van der Waals surface area contributed by atoms with E-state index in [-0.39, 0.29) is 19.3 Å². The van der Waals surface area contributed by atoms with Crippen LogP contribution >= 0.6 is 15.6 Å². The topological polar surface area (TPSA) is 231 Å². The molecule has 5 unspecified atom stereocenters. The molecule has 0 aliphatic heterocycles. The fraction of sp³-hybridized carbons (Fsp3) is 0.831. The van der Waals surface area contributed by atoms with Gasteiger partial charge in [0.05, 0.1) is 26.4 Å². The fourth-order valence-electron chi connectivity index (χ4n) is 10.9. The summed E-state index contributed by atoms with van der Waals surface area (Å²) < 4.78 is 60.9. The first kappa shape index (κ1) is 92.2. The standard InChI is InChI=1S/C77H142O16P2/c1-4-7-10-13-16-19-22-24-25-26-27-28-29-30-31-32-33-34-35-36-37-38-39-40-41-42-43-44-45-47-50-51-54-57-60-63-75(80)87-66-72(78)67-89-94(83,84)90-68-73(79)69-91-95(85,86)92-71-74(93-77(82)65-62-59-56-53-48-21-18-15-12-9-6-3)70-88-76(81)64-61-58-55-52-49-46-23-20-17-14-11-8-5-2/h7,10,16,19,24-25,27-28,30-31,72-74,78-79H,4-6,8-9,11-15,17-18,20-23,26,29,32-71H2,1-3H3,(H,83,84)(H,85,86)/b10-7-,19-16-,25-24-,28-27-,31-30-. The van der Waals surface area contributed by atoms with Crippen LogP contribution in [-0.4, -0.2) is 95.9 Å². The van der Waals surface area contributed by atoms with Crippen LogP contribution in [0, 0.1) is 0 Å². The quantitative estimate of drug-likeness (QED) is 0.0146. The third-order valence-corrected chi connectivity index (χ3v) is 18.7. The largest absolute Gasteiger partial charge is 0.472 e. The van der Waals surface area contributed by atoms with E-state index in [2.05, 4.69) is 81.5 Å². The summed E-state index contributed by atoms with van der Waals surface area (Å²) in [5, 5.41) is 20.6. The van der Waals surface area contributed by atoms with Gasteiger partial charge in [0.15, 0.2) is 6.10 Å². The van der Waals surface area contributed by atoms with Gasteiger partial charge < -0.3 is 34.2 Å². The average molecular weight is 1390 g/mol. The van der Waals surface area contributed by atoms with Crippen LogP contribution in [0.1, 0.15) is 355 Å². The van der Waals surface area contributed by atoms with Crippen molar-refractivity contribution in [2.24, 2.45) is 0 Å². The predicted molar refractivity (Wildman–Crippen MR) is 390 cm³/mol. The van der Waals surface area contributed by atoms with Crippen LogP contribution in [0.2, 0.25) is 0 Å². The second-order valence-corrected chi connectivity index (χ2v) is 29.1. The van der Waals surface area contributed by atoms with Crippen LogP contribution in [0.3, 0.4) is 0 Å². The summed E-state index contributed by atoms with van der Waals surface area (Å²) in [5.41, 5.74) is 0. The summed E-state index contributed by atoms with van der Waals surface area (Å²) in [7, 11) is -9.75. The zero-order valence-electron chi connectivity index (χ0n) is 60.6. The summed E-state index contributed by atoms with van der Waals surface area (Å²) in [6.45, 7) is 2.61. The monoisotopic (exact) mass is 1380 g/mol. The maximum absolute atomic E-state index is 12.9. The molecule has 0 fully saturated rings. The van der Waals surface area contributed by atoms with Gasteiger partial charge in [0, 0.05) is 19.3 Å². The van der Waals surface area contributed by atoms with Gasteiger partial charge in [-0.3, -0.25) is 32.5 Å². The van der Waals surface area contributed by atoms with Crippen molar-refractivity contribution in [3.8, 4) is 0 Å². The number of aliphatic hydroxyl groups is 2. The molecule has 0 aliphatic rings. The first-order valence-electron chi connectivity index (χ1n) is 38.6. The minimum atomic E-state index is -4.91. The first-order chi connectivity index (χ1) is 46.2. The molecule has 0 aromatic carbocycles. The van der Waals surface area contributed by atoms with E-state index in [4.69, 9.17) is 32.3 Å². The van der Waals surface area contributed by atoms with E-state index in [0.717, 1.165) is 96.3 Å². The Labute approximate surface area is 580 Å². The SMILES string of the molecule is CC/C=C\C/C=C\C/C=C\C/C=C\C/C=C\CCCCCCCCCCCCCCCCCCCCCC(=O)OCC(O)COP(=O)(O)OCC(O)COP(=O)(O)OCC(COC(=O)CCCCCCCCCCCCCCC)OC(=O)CCCCCCCCCCCCC. The van der Waals surface area contributed by atoms with E-state index < -0.39 is 91.5 Å². The summed E-state index contributed by atoms with van der Waals surface area (Å²) in [4.78, 5) is 58.3. The zero-order chi connectivity index (χ0) is 69.5. The minimum Gasteiger partial charge on any atom is -0.463 e. The number of carbonyl (C=O) groups excluding carboxylic acids is 3. The molecule has 0 rings (SSSR count). The van der Waals surface area contributed by atoms with E-state index in [1.54, 1.807) is 0 Å². The minimum absolute atomic E-state index is 0.113. The number of rotatable bonds is 74. The molecule has 0 saturated carbocycles. The van der Waals surface area contributed by atoms with Gasteiger partial charge in [-0.05, 0) is 64.2 Å². The third kappa shape index (κ3) is 72.3. The molecule has 0 spiro atoms. The fourth-order valence-corrected chi connectivity index (χ4v) is 12.5. The number of hydrogen-bond donors (Lipinski definition) is 4. The second kappa shape index (κ2) is 71.1. The Morgan fingerprint density at radius 3 is 0.884 bits per heavy atom. The van der Waals surface area contributed by atoms with Crippen LogP contribution < -0.4 is 0 Å². The third-order valence-electron chi connectivity index (χ3n) is 16.8. The highest BCUT2D eigenvalue weighted by molar-refractivity contribution is 7.47. The van der Waals surface area contributed by atoms with E-state index in [1.165, 1.54) is 199 Å². The van der Waals surface area contributed by atoms with Crippen LogP contribution in [0.15, 0.2) is 60.8 Å². The molecule has 0 aliphatic carbocycles. The molecule has 95 heavy (non-hydrogen) atoms. The summed E-state index contributed by atoms with van der Waals surface area (Å²) in [6, 6.07) is 0. The van der Waals surface area contributed by atoms with Gasteiger partial charge in [-0.2, -0.15) is 0 Å². The number of unbranched alkanes of at least 4 members (excludes halogenated alkanes) is 41. The van der Waals surface area contributed by atoms with Crippen LogP contribution in [-0.2, 0) is 55.8 Å². The van der Waals surface area contributed by atoms with Gasteiger partial charge in [-0.25, -0.2) is 9.13 Å². The van der Waals surface area contributed by atoms with Gasteiger partial charge in [0.1, 0.15) is 25.4 Å². The highest BCUT2D eigenvalue weighted by atomic mass is 31.2. The lowest BCUT2D eigenvalue weighted by Crippen LogP contribution is -2.30. The molecule has 0 bridgehead atoms. The maximum Gasteiger partial charge on any atom is 0.472 e. The van der Waals surface area contributed by atoms with Gasteiger partial charge in [-0.1, -0.05) is 332 Å². The Balaban J connectivity index is 4.22. The van der Waals surface area contributed by atoms with Gasteiger partial charge >= 0.3 is 33.6 Å². The van der Waals surface area contributed by atoms with E-state index in [0.29, 0.717) is 19.3 Å². The van der Waals surface area contributed by atoms with Crippen molar-refractivity contribution < 1.29 is 75.8 Å². The zero-order valence-corrected chi connectivity index (χ0v) is 62.4. The predicted octanol–water partition coefficient (Wildman–Crippen LogP) is 22.1. The van der Waals surface area contributed by atoms with Crippen molar-refractivity contribution in [3.63, 3.8) is 0 Å². The number of allylic oxidation sites excluding steroid dienone is 10. The molecule has 5 atom stereocenters. The number of hydrogen-bond acceptors (Lipinski definition) is 14. The maximum atomic E-state index is 12.9. The van der Waals surface area contributed by atoms with Crippen LogP contribution in [0.5, 0.6) is 0 Å². The lowest BCUT2D eigenvalue weighted by atomic mass is 10.0. The Morgan fingerprint density at radius 2 is 0.558 bits per heavy atom. The van der Waals surface area contributed by atoms with Crippen molar-refractivity contribution in [1.82, 2.24) is 0 Å². The van der Waals surface area contributed by atoms with Gasteiger partial charge in [-0.15, -0.1) is 0 Å². The highest BCUT2D eigenvalue weighted by Crippen LogP contribution is 2.45. The number of ether oxygens (including phenoxy) is 3. The molecule has 4 N–H and O–H groups in total. The molecule has 0 aromatic rings. The van der Waals surface area contributed by atoms with Crippen molar-refractivity contribution in [1.29, 1.82) is 0 Å². The Hall–Kier alpha value is -2.75. The highest BCUT2D eigenvalue weighted by Gasteiger charge is 2.29. The number of esters is 3. The lowest BCUT2D eigenvalue weighted by Gasteiger charge is -2.21. The molecular weight excluding hydrogens is 1240 g/mol. The summed E-state index contributed by atoms with van der Waals surface area (Å²) in [6.07, 6.45) is 76.0. The number of carbonyl (C=O) groups is 3. The Morgan fingerprint density at radius 1 is 0.305 bits per heavy atom. The van der Waals surface area contributed by atoms with E-state index >= 15 is 0 Å². The average Bonchev–Trinajstić information content (AvgIpc) is 3.02. The number of phosphoric acid groups is 2. The molecule has 0 amide bonds. The number of aliphatic hydroxyl groups excluding tert-OH is 2. The molecular formula is C77H142O16P2. The molecule has 0 aromatic heterocycles. The van der Waals surface area contributed by atoms with E-state index in [9.17, 15) is 43.5 Å². The van der Waals surface area contributed by atoms with Crippen LogP contribution in [0.25, 0.3) is 0 Å². The Bertz CT molecular complexity index is 1980. The smallest absolute Gasteiger partial charge is 0.463 e. The van der Waals surface area contributed by atoms with Crippen molar-refractivity contribution in [3.05, 3.63) is 60.8 Å². The lowest BCUT2D eigenvalue weighted by molar-refractivity contribution is -0.161. The van der Waals surface area contributed by atoms with Crippen molar-refractivity contribution >= 4 is 33.6 Å². The van der Waals surface area contributed by atoms with E-state index in [1.807, 2.05) is 0 Å². The Kier molecular flexibility index (Phi) is 69.0. The van der Waals surface area contributed by atoms with Crippen molar-refractivity contribution in [2.75, 3.05) is 39.6 Å². The van der Waals surface area contributed by atoms with Gasteiger partial charge in [0.25, 0.3) is 0 Å². The number of phosphoric ester groups is 2. The van der Waals surface area contributed by atoms with Crippen LogP contribution in [0.4, 0.5) is 0 Å². The first-order valence-corrected chi connectivity index (χ1v) is 41.6. The normalized spacial score (nSPS) is 14.4. The molecule has 556 valence electrons.